The summed E-state index contributed by atoms with van der Waals surface area (Å²) in [5.74, 6) is 0.431. The molecule has 0 aliphatic heterocycles. The normalized spacial score (nSPS) is 11.6. The van der Waals surface area contributed by atoms with Gasteiger partial charge in [-0.2, -0.15) is 0 Å². The molecule has 5 nitrogen and oxygen atoms in total. The molecular weight excluding hydrogens is 358 g/mol. The summed E-state index contributed by atoms with van der Waals surface area (Å²) in [6.45, 7) is 3.88. The number of sulfonamides is 1. The largest absolute Gasteiger partial charge is 0.285 e. The van der Waals surface area contributed by atoms with Crippen LogP contribution >= 0.6 is 0 Å². The van der Waals surface area contributed by atoms with E-state index in [1.54, 1.807) is 28.7 Å². The van der Waals surface area contributed by atoms with Crippen molar-refractivity contribution in [3.8, 4) is 11.3 Å². The number of benzene rings is 2. The molecule has 0 amide bonds. The number of pyridine rings is 1. The number of fused-ring (bicyclic) bond motifs is 1. The lowest BCUT2D eigenvalue weighted by atomic mass is 10.1. The first-order chi connectivity index (χ1) is 12.9. The van der Waals surface area contributed by atoms with Crippen LogP contribution in [0.3, 0.4) is 0 Å². The van der Waals surface area contributed by atoms with E-state index in [0.717, 1.165) is 16.7 Å². The van der Waals surface area contributed by atoms with Crippen molar-refractivity contribution in [1.29, 1.82) is 0 Å². The van der Waals surface area contributed by atoms with E-state index in [9.17, 15) is 8.42 Å². The second-order valence-corrected chi connectivity index (χ2v) is 8.21. The van der Waals surface area contributed by atoms with Gasteiger partial charge in [0.2, 0.25) is 0 Å². The molecule has 2 heterocycles. The molecule has 6 heteroatoms. The molecule has 0 radical (unpaired) electrons. The number of imidazole rings is 1. The van der Waals surface area contributed by atoms with Crippen LogP contribution in [0.25, 0.3) is 16.9 Å². The van der Waals surface area contributed by atoms with Crippen molar-refractivity contribution in [1.82, 2.24) is 9.38 Å². The summed E-state index contributed by atoms with van der Waals surface area (Å²) in [4.78, 5) is 4.87. The molecule has 0 saturated carbocycles. The Morgan fingerprint density at radius 2 is 1.52 bits per heavy atom. The van der Waals surface area contributed by atoms with Gasteiger partial charge in [-0.15, -0.1) is 0 Å². The predicted octanol–water partition coefficient (Wildman–Crippen LogP) is 4.42. The molecule has 0 unspecified atom stereocenters. The molecule has 0 spiro atoms. The summed E-state index contributed by atoms with van der Waals surface area (Å²) in [6, 6.07) is 20.2. The average molecular weight is 377 g/mol. The van der Waals surface area contributed by atoms with Crippen molar-refractivity contribution in [3.05, 3.63) is 84.1 Å². The zero-order valence-electron chi connectivity index (χ0n) is 15.0. The van der Waals surface area contributed by atoms with E-state index in [-0.39, 0.29) is 4.90 Å². The third kappa shape index (κ3) is 3.31. The van der Waals surface area contributed by atoms with Gasteiger partial charge in [0, 0.05) is 11.8 Å². The molecule has 4 rings (SSSR count). The van der Waals surface area contributed by atoms with Crippen LogP contribution in [0.2, 0.25) is 0 Å². The van der Waals surface area contributed by atoms with E-state index >= 15 is 0 Å². The topological polar surface area (TPSA) is 63.5 Å². The van der Waals surface area contributed by atoms with Crippen molar-refractivity contribution < 1.29 is 8.42 Å². The van der Waals surface area contributed by atoms with Gasteiger partial charge in [-0.1, -0.05) is 54.1 Å². The van der Waals surface area contributed by atoms with E-state index in [4.69, 9.17) is 0 Å². The van der Waals surface area contributed by atoms with Crippen LogP contribution in [0.4, 0.5) is 5.82 Å². The number of anilines is 1. The van der Waals surface area contributed by atoms with Crippen LogP contribution in [0.15, 0.2) is 77.8 Å². The number of hydrogen-bond donors (Lipinski definition) is 1. The third-order valence-corrected chi connectivity index (χ3v) is 5.73. The molecule has 0 bridgehead atoms. The van der Waals surface area contributed by atoms with E-state index in [2.05, 4.69) is 9.71 Å². The Bertz CT molecular complexity index is 1210. The van der Waals surface area contributed by atoms with Crippen molar-refractivity contribution in [2.24, 2.45) is 0 Å². The van der Waals surface area contributed by atoms with Crippen LogP contribution in [-0.2, 0) is 10.0 Å². The Balaban J connectivity index is 1.89. The molecule has 2 aromatic heterocycles. The summed E-state index contributed by atoms with van der Waals surface area (Å²) in [6.07, 6.45) is 1.88. The van der Waals surface area contributed by atoms with E-state index in [0.29, 0.717) is 17.2 Å². The number of rotatable bonds is 4. The highest BCUT2D eigenvalue weighted by Gasteiger charge is 2.21. The minimum atomic E-state index is -3.75. The maximum Gasteiger partial charge on any atom is 0.263 e. The summed E-state index contributed by atoms with van der Waals surface area (Å²) >= 11 is 0. The number of aromatic nitrogens is 2. The zero-order valence-corrected chi connectivity index (χ0v) is 15.9. The monoisotopic (exact) mass is 377 g/mol. The molecule has 0 saturated heterocycles. The van der Waals surface area contributed by atoms with Crippen LogP contribution in [0, 0.1) is 13.8 Å². The van der Waals surface area contributed by atoms with Crippen LogP contribution < -0.4 is 4.72 Å². The van der Waals surface area contributed by atoms with Gasteiger partial charge in [0.1, 0.15) is 11.3 Å². The Labute approximate surface area is 158 Å². The molecule has 0 aliphatic rings. The molecule has 0 aliphatic carbocycles. The summed E-state index contributed by atoms with van der Waals surface area (Å²) in [7, 11) is -3.75. The quantitative estimate of drug-likeness (QED) is 0.573. The Hall–Kier alpha value is -3.12. The van der Waals surface area contributed by atoms with Crippen LogP contribution in [-0.4, -0.2) is 17.8 Å². The SMILES string of the molecule is Cc1ccc(S(=O)(=O)Nc2c(-c3ccccc3)nc3ccc(C)cn23)cc1. The first-order valence-electron chi connectivity index (χ1n) is 8.58. The van der Waals surface area contributed by atoms with E-state index in [1.807, 2.05) is 62.5 Å². The molecule has 27 heavy (non-hydrogen) atoms. The van der Waals surface area contributed by atoms with Gasteiger partial charge in [-0.3, -0.25) is 9.12 Å². The first-order valence-corrected chi connectivity index (χ1v) is 10.1. The van der Waals surface area contributed by atoms with E-state index in [1.165, 1.54) is 0 Å². The molecule has 0 atom stereocenters. The molecule has 4 aromatic rings. The number of aryl methyl sites for hydroxylation is 2. The third-order valence-electron chi connectivity index (χ3n) is 4.38. The lowest BCUT2D eigenvalue weighted by Gasteiger charge is -2.10. The van der Waals surface area contributed by atoms with Gasteiger partial charge in [0.25, 0.3) is 10.0 Å². The number of nitrogens with zero attached hydrogens (tertiary/aromatic N) is 2. The fourth-order valence-corrected chi connectivity index (χ4v) is 4.01. The minimum Gasteiger partial charge on any atom is -0.285 e. The maximum absolute atomic E-state index is 13.0. The molecular formula is C21H19N3O2S. The lowest BCUT2D eigenvalue weighted by molar-refractivity contribution is 0.601. The highest BCUT2D eigenvalue weighted by Crippen LogP contribution is 2.30. The Kier molecular flexibility index (Phi) is 4.20. The highest BCUT2D eigenvalue weighted by molar-refractivity contribution is 7.92. The number of nitrogens with one attached hydrogen (secondary N) is 1. The van der Waals surface area contributed by atoms with Gasteiger partial charge in [0.05, 0.1) is 4.90 Å². The minimum absolute atomic E-state index is 0.217. The average Bonchev–Trinajstić information content (AvgIpc) is 3.00. The smallest absolute Gasteiger partial charge is 0.263 e. The highest BCUT2D eigenvalue weighted by atomic mass is 32.2. The first kappa shape index (κ1) is 17.3. The van der Waals surface area contributed by atoms with Crippen LogP contribution in [0.5, 0.6) is 0 Å². The van der Waals surface area contributed by atoms with Crippen molar-refractivity contribution in [3.63, 3.8) is 0 Å². The summed E-state index contributed by atoms with van der Waals surface area (Å²) in [5, 5.41) is 0. The van der Waals surface area contributed by atoms with Gasteiger partial charge >= 0.3 is 0 Å². The molecule has 2 aromatic carbocycles. The second-order valence-electron chi connectivity index (χ2n) is 6.53. The molecule has 136 valence electrons. The van der Waals surface area contributed by atoms with Crippen molar-refractivity contribution >= 4 is 21.5 Å². The Morgan fingerprint density at radius 1 is 0.852 bits per heavy atom. The maximum atomic E-state index is 13.0. The Morgan fingerprint density at radius 3 is 2.22 bits per heavy atom. The molecule has 0 fully saturated rings. The predicted molar refractivity (Wildman–Crippen MR) is 107 cm³/mol. The summed E-state index contributed by atoms with van der Waals surface area (Å²) < 4.78 is 30.5. The van der Waals surface area contributed by atoms with Crippen molar-refractivity contribution in [2.45, 2.75) is 18.7 Å². The van der Waals surface area contributed by atoms with Gasteiger partial charge < -0.3 is 0 Å². The second kappa shape index (κ2) is 6.55. The molecule has 1 N–H and O–H groups in total. The van der Waals surface area contributed by atoms with Gasteiger partial charge in [-0.25, -0.2) is 13.4 Å². The van der Waals surface area contributed by atoms with Crippen molar-refractivity contribution in [2.75, 3.05) is 4.72 Å². The summed E-state index contributed by atoms with van der Waals surface area (Å²) in [5.41, 5.74) is 4.14. The lowest BCUT2D eigenvalue weighted by Crippen LogP contribution is -2.15. The fraction of sp³-hybridized carbons (Fsp3) is 0.0952. The standard InChI is InChI=1S/C21H19N3O2S/c1-15-8-11-18(12-9-15)27(25,26)23-21-20(17-6-4-3-5-7-17)22-19-13-10-16(2)14-24(19)21/h3-14,23H,1-2H3. The zero-order chi connectivity index (χ0) is 19.0. The van der Waals surface area contributed by atoms with Gasteiger partial charge in [0.15, 0.2) is 5.82 Å². The van der Waals surface area contributed by atoms with Crippen LogP contribution in [0.1, 0.15) is 11.1 Å². The number of hydrogen-bond acceptors (Lipinski definition) is 3. The van der Waals surface area contributed by atoms with E-state index < -0.39 is 10.0 Å². The van der Waals surface area contributed by atoms with Gasteiger partial charge in [-0.05, 0) is 37.6 Å². The fourth-order valence-electron chi connectivity index (χ4n) is 2.95.